The first-order valence-electron chi connectivity index (χ1n) is 6.16. The summed E-state index contributed by atoms with van der Waals surface area (Å²) in [5, 5.41) is 7.94. The number of nitrogens with zero attached hydrogens (tertiary/aromatic N) is 2. The van der Waals surface area contributed by atoms with Crippen molar-refractivity contribution in [2.24, 2.45) is 0 Å². The number of aromatic nitrogens is 2. The minimum atomic E-state index is -0.139. The third kappa shape index (κ3) is 2.63. The first-order chi connectivity index (χ1) is 9.24. The largest absolute Gasteiger partial charge is 0.367 e. The summed E-state index contributed by atoms with van der Waals surface area (Å²) in [6.45, 7) is 4.17. The van der Waals surface area contributed by atoms with Gasteiger partial charge in [0.2, 0.25) is 5.82 Å². The first kappa shape index (κ1) is 12.6. The average Bonchev–Trinajstić information content (AvgIpc) is 2.93. The Balaban J connectivity index is 1.85. The Hall–Kier alpha value is -1.43. The monoisotopic (exact) mass is 279 g/mol. The summed E-state index contributed by atoms with van der Waals surface area (Å²) in [5.41, 5.74) is 1.85. The van der Waals surface area contributed by atoms with Crippen molar-refractivity contribution in [3.05, 3.63) is 34.6 Å². The van der Waals surface area contributed by atoms with Crippen LogP contribution in [0.3, 0.4) is 0 Å². The van der Waals surface area contributed by atoms with E-state index < -0.39 is 0 Å². The fraction of sp³-hybridized carbons (Fsp3) is 0.385. The molecule has 0 aliphatic carbocycles. The zero-order chi connectivity index (χ0) is 13.2. The van der Waals surface area contributed by atoms with E-state index in [1.165, 1.54) is 0 Å². The van der Waals surface area contributed by atoms with Crippen LogP contribution in [0.15, 0.2) is 22.7 Å². The molecule has 1 fully saturated rings. The van der Waals surface area contributed by atoms with Gasteiger partial charge in [-0.3, -0.25) is 0 Å². The minimum absolute atomic E-state index is 0.139. The van der Waals surface area contributed by atoms with Crippen LogP contribution in [0.5, 0.6) is 0 Å². The van der Waals surface area contributed by atoms with E-state index in [-0.39, 0.29) is 6.10 Å². The van der Waals surface area contributed by atoms with Crippen molar-refractivity contribution < 1.29 is 9.26 Å². The van der Waals surface area contributed by atoms with Gasteiger partial charge in [0.1, 0.15) is 6.10 Å². The molecule has 19 heavy (non-hydrogen) atoms. The SMILES string of the molecule is Cc1cc(-c2nc(C3CNCCO3)no2)ccc1Cl. The van der Waals surface area contributed by atoms with Gasteiger partial charge in [0, 0.05) is 23.7 Å². The van der Waals surface area contributed by atoms with Crippen molar-refractivity contribution >= 4 is 11.6 Å². The fourth-order valence-corrected chi connectivity index (χ4v) is 2.11. The zero-order valence-corrected chi connectivity index (χ0v) is 11.3. The van der Waals surface area contributed by atoms with Crippen LogP contribution < -0.4 is 5.32 Å². The molecule has 0 saturated carbocycles. The van der Waals surface area contributed by atoms with E-state index in [2.05, 4.69) is 15.5 Å². The number of hydrogen-bond donors (Lipinski definition) is 1. The van der Waals surface area contributed by atoms with Gasteiger partial charge in [-0.1, -0.05) is 16.8 Å². The van der Waals surface area contributed by atoms with Gasteiger partial charge in [0.25, 0.3) is 5.89 Å². The Morgan fingerprint density at radius 1 is 1.42 bits per heavy atom. The van der Waals surface area contributed by atoms with Crippen LogP contribution in [0, 0.1) is 6.92 Å². The number of rotatable bonds is 2. The Morgan fingerprint density at radius 3 is 3.05 bits per heavy atom. The molecule has 1 aliphatic rings. The number of morpholine rings is 1. The van der Waals surface area contributed by atoms with Crippen LogP contribution in [0.4, 0.5) is 0 Å². The van der Waals surface area contributed by atoms with Gasteiger partial charge in [0.05, 0.1) is 6.61 Å². The molecule has 3 rings (SSSR count). The standard InChI is InChI=1S/C13H14ClN3O2/c1-8-6-9(2-3-10(8)14)13-16-12(17-19-13)11-7-15-4-5-18-11/h2-3,6,11,15H,4-5,7H2,1H3. The number of nitrogens with one attached hydrogen (secondary N) is 1. The molecule has 0 bridgehead atoms. The summed E-state index contributed by atoms with van der Waals surface area (Å²) in [6, 6.07) is 5.63. The van der Waals surface area contributed by atoms with Gasteiger partial charge in [-0.05, 0) is 30.7 Å². The molecule has 2 heterocycles. The van der Waals surface area contributed by atoms with Gasteiger partial charge >= 0.3 is 0 Å². The molecule has 1 aromatic heterocycles. The van der Waals surface area contributed by atoms with Crippen LogP contribution in [0.1, 0.15) is 17.5 Å². The van der Waals surface area contributed by atoms with E-state index in [9.17, 15) is 0 Å². The van der Waals surface area contributed by atoms with Crippen molar-refractivity contribution in [1.82, 2.24) is 15.5 Å². The van der Waals surface area contributed by atoms with E-state index in [0.29, 0.717) is 24.9 Å². The van der Waals surface area contributed by atoms with Crippen LogP contribution >= 0.6 is 11.6 Å². The number of hydrogen-bond acceptors (Lipinski definition) is 5. The molecule has 0 spiro atoms. The van der Waals surface area contributed by atoms with Crippen LogP contribution in [0.2, 0.25) is 5.02 Å². The molecule has 1 unspecified atom stereocenters. The third-order valence-electron chi connectivity index (χ3n) is 3.06. The molecule has 1 atom stereocenters. The van der Waals surface area contributed by atoms with Gasteiger partial charge in [-0.15, -0.1) is 0 Å². The Kier molecular flexibility index (Phi) is 3.50. The maximum Gasteiger partial charge on any atom is 0.258 e. The Labute approximate surface area is 115 Å². The predicted octanol–water partition coefficient (Wildman–Crippen LogP) is 2.36. The Morgan fingerprint density at radius 2 is 2.32 bits per heavy atom. The molecular formula is C13H14ClN3O2. The van der Waals surface area contributed by atoms with Crippen molar-refractivity contribution in [3.8, 4) is 11.5 Å². The number of ether oxygens (including phenoxy) is 1. The summed E-state index contributed by atoms with van der Waals surface area (Å²) in [6.07, 6.45) is -0.139. The van der Waals surface area contributed by atoms with E-state index in [0.717, 1.165) is 22.7 Å². The lowest BCUT2D eigenvalue weighted by atomic mass is 10.1. The van der Waals surface area contributed by atoms with Crippen LogP contribution in [-0.2, 0) is 4.74 Å². The van der Waals surface area contributed by atoms with E-state index in [4.69, 9.17) is 20.9 Å². The first-order valence-corrected chi connectivity index (χ1v) is 6.54. The van der Waals surface area contributed by atoms with Gasteiger partial charge in [-0.2, -0.15) is 4.98 Å². The molecule has 1 aromatic carbocycles. The number of halogens is 1. The van der Waals surface area contributed by atoms with Gasteiger partial charge in [-0.25, -0.2) is 0 Å². The molecule has 0 amide bonds. The van der Waals surface area contributed by atoms with Gasteiger partial charge < -0.3 is 14.6 Å². The average molecular weight is 280 g/mol. The highest BCUT2D eigenvalue weighted by molar-refractivity contribution is 6.31. The Bertz CT molecular complexity index is 579. The predicted molar refractivity (Wildman–Crippen MR) is 71.0 cm³/mol. The van der Waals surface area contributed by atoms with Gasteiger partial charge in [0.15, 0.2) is 0 Å². The van der Waals surface area contributed by atoms with E-state index in [1.54, 1.807) is 0 Å². The number of aryl methyl sites for hydroxylation is 1. The summed E-state index contributed by atoms with van der Waals surface area (Å²) in [7, 11) is 0. The van der Waals surface area contributed by atoms with Crippen molar-refractivity contribution in [3.63, 3.8) is 0 Å². The highest BCUT2D eigenvalue weighted by Gasteiger charge is 2.22. The smallest absolute Gasteiger partial charge is 0.258 e. The van der Waals surface area contributed by atoms with Crippen LogP contribution in [-0.4, -0.2) is 29.8 Å². The highest BCUT2D eigenvalue weighted by Crippen LogP contribution is 2.25. The van der Waals surface area contributed by atoms with Crippen molar-refractivity contribution in [2.75, 3.05) is 19.7 Å². The zero-order valence-electron chi connectivity index (χ0n) is 10.5. The third-order valence-corrected chi connectivity index (χ3v) is 3.49. The second kappa shape index (κ2) is 5.28. The fourth-order valence-electron chi connectivity index (χ4n) is 1.99. The topological polar surface area (TPSA) is 60.2 Å². The quantitative estimate of drug-likeness (QED) is 0.914. The molecule has 2 aromatic rings. The normalized spacial score (nSPS) is 19.6. The molecule has 0 radical (unpaired) electrons. The lowest BCUT2D eigenvalue weighted by Crippen LogP contribution is -2.33. The summed E-state index contributed by atoms with van der Waals surface area (Å²) >= 11 is 6.00. The van der Waals surface area contributed by atoms with Crippen LogP contribution in [0.25, 0.3) is 11.5 Å². The number of benzene rings is 1. The van der Waals surface area contributed by atoms with E-state index in [1.807, 2.05) is 25.1 Å². The molecule has 100 valence electrons. The lowest BCUT2D eigenvalue weighted by Gasteiger charge is -2.20. The lowest BCUT2D eigenvalue weighted by molar-refractivity contribution is 0.0208. The molecule has 1 saturated heterocycles. The molecule has 5 nitrogen and oxygen atoms in total. The van der Waals surface area contributed by atoms with Crippen molar-refractivity contribution in [1.29, 1.82) is 0 Å². The maximum atomic E-state index is 6.00. The van der Waals surface area contributed by atoms with E-state index >= 15 is 0 Å². The highest BCUT2D eigenvalue weighted by atomic mass is 35.5. The molecular weight excluding hydrogens is 266 g/mol. The second-order valence-electron chi connectivity index (χ2n) is 4.49. The molecule has 6 heteroatoms. The second-order valence-corrected chi connectivity index (χ2v) is 4.89. The minimum Gasteiger partial charge on any atom is -0.367 e. The summed E-state index contributed by atoms with van der Waals surface area (Å²) in [4.78, 5) is 4.39. The maximum absolute atomic E-state index is 6.00. The summed E-state index contributed by atoms with van der Waals surface area (Å²) in [5.74, 6) is 1.07. The summed E-state index contributed by atoms with van der Waals surface area (Å²) < 4.78 is 10.9. The molecule has 1 aliphatic heterocycles. The van der Waals surface area contributed by atoms with Crippen molar-refractivity contribution in [2.45, 2.75) is 13.0 Å². The molecule has 1 N–H and O–H groups in total.